The predicted molar refractivity (Wildman–Crippen MR) is 91.9 cm³/mol. The van der Waals surface area contributed by atoms with Crippen LogP contribution in [-0.4, -0.2) is 23.0 Å². The van der Waals surface area contributed by atoms with Gasteiger partial charge in [-0.05, 0) is 30.7 Å². The summed E-state index contributed by atoms with van der Waals surface area (Å²) in [5.41, 5.74) is 7.50. The Balaban J connectivity index is 2.01. The van der Waals surface area contributed by atoms with Crippen LogP contribution in [0.5, 0.6) is 6.01 Å². The first-order valence-corrected chi connectivity index (χ1v) is 7.62. The topological polar surface area (TPSA) is 85.4 Å². The van der Waals surface area contributed by atoms with E-state index in [1.54, 1.807) is 24.4 Å². The summed E-state index contributed by atoms with van der Waals surface area (Å²) >= 11 is 12.1. The first-order valence-electron chi connectivity index (χ1n) is 6.87. The molecule has 0 fully saturated rings. The molecule has 1 unspecified atom stereocenters. The molecule has 8 heteroatoms. The number of aliphatic imine (C=N–C) groups is 1. The Labute approximate surface area is 144 Å². The zero-order chi connectivity index (χ0) is 16.8. The molecule has 1 heterocycles. The molecule has 1 atom stereocenters. The van der Waals surface area contributed by atoms with Crippen LogP contribution in [0.3, 0.4) is 0 Å². The lowest BCUT2D eigenvalue weighted by Crippen LogP contribution is -2.34. The number of benzene rings is 1. The average Bonchev–Trinajstić information content (AvgIpc) is 2.53. The van der Waals surface area contributed by atoms with E-state index >= 15 is 0 Å². The van der Waals surface area contributed by atoms with E-state index in [-0.39, 0.29) is 6.04 Å². The van der Waals surface area contributed by atoms with Crippen LogP contribution in [0.1, 0.15) is 24.2 Å². The maximum absolute atomic E-state index is 6.18. The molecular formula is C15H17Cl2N5O. The number of hydrogen-bond acceptors (Lipinski definition) is 4. The molecule has 0 saturated carbocycles. The van der Waals surface area contributed by atoms with Gasteiger partial charge in [0.2, 0.25) is 0 Å². The number of guanidine groups is 1. The van der Waals surface area contributed by atoms with Crippen molar-refractivity contribution in [1.29, 1.82) is 0 Å². The maximum atomic E-state index is 6.18. The summed E-state index contributed by atoms with van der Waals surface area (Å²) in [6, 6.07) is 7.26. The number of ether oxygens (including phenoxy) is 1. The largest absolute Gasteiger partial charge is 0.467 e. The van der Waals surface area contributed by atoms with E-state index in [4.69, 9.17) is 33.7 Å². The standard InChI is InChI=1S/C15H17Cl2N5O/c1-9(12-4-3-10(16)7-13(12)17)21-14(18)20-8-11-5-6-19-15(22-11)23-2/h3-7,9H,8H2,1-2H3,(H3,18,20,21). The summed E-state index contributed by atoms with van der Waals surface area (Å²) in [4.78, 5) is 12.4. The molecule has 0 aliphatic carbocycles. The van der Waals surface area contributed by atoms with Gasteiger partial charge in [0.15, 0.2) is 5.96 Å². The van der Waals surface area contributed by atoms with Gasteiger partial charge in [-0.2, -0.15) is 4.98 Å². The molecule has 23 heavy (non-hydrogen) atoms. The second-order valence-electron chi connectivity index (χ2n) is 4.77. The summed E-state index contributed by atoms with van der Waals surface area (Å²) in [6.07, 6.45) is 1.61. The van der Waals surface area contributed by atoms with E-state index in [2.05, 4.69) is 20.3 Å². The van der Waals surface area contributed by atoms with Gasteiger partial charge in [0.1, 0.15) is 0 Å². The third kappa shape index (κ3) is 4.97. The van der Waals surface area contributed by atoms with E-state index in [1.165, 1.54) is 7.11 Å². The van der Waals surface area contributed by atoms with Crippen LogP contribution in [0.4, 0.5) is 0 Å². The number of aromatic nitrogens is 2. The van der Waals surface area contributed by atoms with Crippen LogP contribution in [0.15, 0.2) is 35.5 Å². The van der Waals surface area contributed by atoms with Crippen LogP contribution in [0.25, 0.3) is 0 Å². The second kappa shape index (κ2) is 7.99. The van der Waals surface area contributed by atoms with Gasteiger partial charge in [0.05, 0.1) is 25.4 Å². The first-order chi connectivity index (χ1) is 11.0. The van der Waals surface area contributed by atoms with Crippen LogP contribution < -0.4 is 15.8 Å². The number of halogens is 2. The quantitative estimate of drug-likeness (QED) is 0.637. The molecule has 6 nitrogen and oxygen atoms in total. The molecular weight excluding hydrogens is 337 g/mol. The minimum Gasteiger partial charge on any atom is -0.467 e. The minimum absolute atomic E-state index is 0.108. The summed E-state index contributed by atoms with van der Waals surface area (Å²) in [7, 11) is 1.51. The number of nitrogens with zero attached hydrogens (tertiary/aromatic N) is 3. The van der Waals surface area contributed by atoms with Crippen LogP contribution in [0, 0.1) is 0 Å². The summed E-state index contributed by atoms with van der Waals surface area (Å²) < 4.78 is 4.96. The van der Waals surface area contributed by atoms with Crippen molar-refractivity contribution in [1.82, 2.24) is 15.3 Å². The van der Waals surface area contributed by atoms with Crippen molar-refractivity contribution in [2.75, 3.05) is 7.11 Å². The highest BCUT2D eigenvalue weighted by Crippen LogP contribution is 2.25. The van der Waals surface area contributed by atoms with Gasteiger partial charge < -0.3 is 15.8 Å². The summed E-state index contributed by atoms with van der Waals surface area (Å²) in [5.74, 6) is 0.293. The van der Waals surface area contributed by atoms with Gasteiger partial charge in [-0.1, -0.05) is 29.3 Å². The van der Waals surface area contributed by atoms with Gasteiger partial charge in [0, 0.05) is 16.2 Å². The molecule has 0 saturated heterocycles. The van der Waals surface area contributed by atoms with Crippen molar-refractivity contribution in [3.8, 4) is 6.01 Å². The molecule has 1 aromatic carbocycles. The molecule has 2 aromatic rings. The Hall–Kier alpha value is -2.05. The molecule has 0 amide bonds. The van der Waals surface area contributed by atoms with Gasteiger partial charge >= 0.3 is 6.01 Å². The Morgan fingerprint density at radius 1 is 1.39 bits per heavy atom. The number of rotatable bonds is 5. The molecule has 0 radical (unpaired) electrons. The molecule has 0 aliphatic rings. The fraction of sp³-hybridized carbons (Fsp3) is 0.267. The molecule has 0 spiro atoms. The van der Waals surface area contributed by atoms with Gasteiger partial charge in [-0.25, -0.2) is 9.98 Å². The van der Waals surface area contributed by atoms with Gasteiger partial charge in [0.25, 0.3) is 0 Å². The Morgan fingerprint density at radius 3 is 2.87 bits per heavy atom. The molecule has 1 aromatic heterocycles. The Kier molecular flexibility index (Phi) is 6.01. The lowest BCUT2D eigenvalue weighted by Gasteiger charge is -2.16. The minimum atomic E-state index is -0.108. The number of nitrogens with two attached hydrogens (primary N) is 1. The highest BCUT2D eigenvalue weighted by molar-refractivity contribution is 6.35. The zero-order valence-corrected chi connectivity index (χ0v) is 14.3. The predicted octanol–water partition coefficient (Wildman–Crippen LogP) is 2.96. The number of nitrogens with one attached hydrogen (secondary N) is 1. The normalized spacial score (nSPS) is 12.8. The molecule has 3 N–H and O–H groups in total. The average molecular weight is 354 g/mol. The highest BCUT2D eigenvalue weighted by atomic mass is 35.5. The Bertz CT molecular complexity index is 708. The van der Waals surface area contributed by atoms with Crippen molar-refractivity contribution >= 4 is 29.2 Å². The van der Waals surface area contributed by atoms with E-state index in [9.17, 15) is 0 Å². The van der Waals surface area contributed by atoms with Crippen molar-refractivity contribution < 1.29 is 4.74 Å². The SMILES string of the molecule is COc1nccc(CN=C(N)NC(C)c2ccc(Cl)cc2Cl)n1. The number of hydrogen-bond donors (Lipinski definition) is 2. The Morgan fingerprint density at radius 2 is 2.17 bits per heavy atom. The summed E-state index contributed by atoms with van der Waals surface area (Å²) in [5, 5.41) is 4.24. The van der Waals surface area contributed by atoms with Crippen molar-refractivity contribution in [3.05, 3.63) is 51.8 Å². The second-order valence-corrected chi connectivity index (χ2v) is 5.61. The van der Waals surface area contributed by atoms with Crippen molar-refractivity contribution in [3.63, 3.8) is 0 Å². The van der Waals surface area contributed by atoms with Crippen LogP contribution >= 0.6 is 23.2 Å². The monoisotopic (exact) mass is 353 g/mol. The van der Waals surface area contributed by atoms with E-state index < -0.39 is 0 Å². The molecule has 0 aliphatic heterocycles. The van der Waals surface area contributed by atoms with E-state index in [1.807, 2.05) is 13.0 Å². The molecule has 2 rings (SSSR count). The van der Waals surface area contributed by atoms with Crippen molar-refractivity contribution in [2.24, 2.45) is 10.7 Å². The molecule has 0 bridgehead atoms. The van der Waals surface area contributed by atoms with Crippen LogP contribution in [0.2, 0.25) is 10.0 Å². The van der Waals surface area contributed by atoms with Gasteiger partial charge in [-0.3, -0.25) is 0 Å². The third-order valence-electron chi connectivity index (χ3n) is 3.08. The maximum Gasteiger partial charge on any atom is 0.316 e. The number of methoxy groups -OCH3 is 1. The fourth-order valence-electron chi connectivity index (χ4n) is 1.93. The van der Waals surface area contributed by atoms with E-state index in [0.717, 1.165) is 5.56 Å². The lowest BCUT2D eigenvalue weighted by atomic mass is 10.1. The zero-order valence-electron chi connectivity index (χ0n) is 12.8. The summed E-state index contributed by atoms with van der Waals surface area (Å²) in [6.45, 7) is 2.25. The van der Waals surface area contributed by atoms with Crippen molar-refractivity contribution in [2.45, 2.75) is 19.5 Å². The first kappa shape index (κ1) is 17.3. The van der Waals surface area contributed by atoms with E-state index in [0.29, 0.717) is 34.3 Å². The molecule has 122 valence electrons. The van der Waals surface area contributed by atoms with Gasteiger partial charge in [-0.15, -0.1) is 0 Å². The highest BCUT2D eigenvalue weighted by Gasteiger charge is 2.10. The fourth-order valence-corrected chi connectivity index (χ4v) is 2.50. The smallest absolute Gasteiger partial charge is 0.316 e. The van der Waals surface area contributed by atoms with Crippen LogP contribution in [-0.2, 0) is 6.54 Å². The lowest BCUT2D eigenvalue weighted by molar-refractivity contribution is 0.378. The third-order valence-corrected chi connectivity index (χ3v) is 3.64.